The average Bonchev–Trinajstić information content (AvgIpc) is 2.41. The van der Waals surface area contributed by atoms with Gasteiger partial charge in [-0.25, -0.2) is 0 Å². The van der Waals surface area contributed by atoms with Gasteiger partial charge in [0.25, 0.3) is 5.65 Å². The van der Waals surface area contributed by atoms with Crippen LogP contribution in [0.1, 0.15) is 34.6 Å². The molecule has 1 atom stereocenters. The molecule has 0 spiro atoms. The van der Waals surface area contributed by atoms with E-state index in [0.717, 1.165) is 0 Å². The number of esters is 1. The highest BCUT2D eigenvalue weighted by Gasteiger charge is 2.52. The van der Waals surface area contributed by atoms with E-state index in [1.54, 1.807) is 27.7 Å². The number of alkyl halides is 3. The van der Waals surface area contributed by atoms with Crippen molar-refractivity contribution in [2.45, 2.75) is 58.7 Å². The maximum atomic E-state index is 13.0. The van der Waals surface area contributed by atoms with Gasteiger partial charge in [-0.2, -0.15) is 13.2 Å². The first-order chi connectivity index (χ1) is 10.9. The minimum atomic E-state index is -5.22. The molecular formula is C13H23F3NO5PS. The summed E-state index contributed by atoms with van der Waals surface area (Å²) < 4.78 is 54.6. The van der Waals surface area contributed by atoms with Crippen molar-refractivity contribution in [2.24, 2.45) is 0 Å². The zero-order chi connectivity index (χ0) is 19.1. The van der Waals surface area contributed by atoms with E-state index in [1.165, 1.54) is 6.92 Å². The third-order valence-corrected chi connectivity index (χ3v) is 4.19. The number of nitrogens with zero attached hydrogens (tertiary/aromatic N) is 1. The summed E-state index contributed by atoms with van der Waals surface area (Å²) in [7, 11) is -1.37. The third kappa shape index (κ3) is 7.04. The first kappa shape index (κ1) is 23.3. The van der Waals surface area contributed by atoms with Crippen molar-refractivity contribution < 1.29 is 37.0 Å². The molecule has 0 heterocycles. The minimum Gasteiger partial charge on any atom is -0.465 e. The summed E-state index contributed by atoms with van der Waals surface area (Å²) in [6.07, 6.45) is -6.41. The lowest BCUT2D eigenvalue weighted by Crippen LogP contribution is -2.58. The maximum absolute atomic E-state index is 13.0. The normalized spacial score (nSPS) is 13.1. The molecule has 0 saturated heterocycles. The number of hydrogen-bond donors (Lipinski definition) is 0. The van der Waals surface area contributed by atoms with Crippen LogP contribution in [0, 0.1) is 0 Å². The van der Waals surface area contributed by atoms with Gasteiger partial charge in [-0.1, -0.05) is 11.8 Å². The summed E-state index contributed by atoms with van der Waals surface area (Å²) >= 11 is 4.98. The molecule has 0 aromatic rings. The van der Waals surface area contributed by atoms with Crippen LogP contribution in [0.25, 0.3) is 0 Å². The Balaban J connectivity index is 5.99. The molecule has 11 heteroatoms. The predicted molar refractivity (Wildman–Crippen MR) is 86.6 cm³/mol. The van der Waals surface area contributed by atoms with Crippen LogP contribution in [0.5, 0.6) is 0 Å². The van der Waals surface area contributed by atoms with Crippen LogP contribution >= 0.6 is 7.36 Å². The van der Waals surface area contributed by atoms with Crippen LogP contribution in [0.15, 0.2) is 0 Å². The van der Waals surface area contributed by atoms with E-state index in [-0.39, 0.29) is 11.5 Å². The summed E-state index contributed by atoms with van der Waals surface area (Å²) in [5.74, 6) is -3.28. The highest BCUT2D eigenvalue weighted by Crippen LogP contribution is 2.36. The molecule has 0 rings (SSSR count). The van der Waals surface area contributed by atoms with E-state index in [9.17, 15) is 22.8 Å². The Morgan fingerprint density at radius 1 is 1.12 bits per heavy atom. The van der Waals surface area contributed by atoms with E-state index in [2.05, 4.69) is 4.74 Å². The van der Waals surface area contributed by atoms with Crippen LogP contribution in [-0.4, -0.2) is 54.0 Å². The van der Waals surface area contributed by atoms with Crippen LogP contribution in [0.4, 0.5) is 13.2 Å². The molecule has 0 N–H and O–H groups in total. The Kier molecular flexibility index (Phi) is 9.41. The predicted octanol–water partition coefficient (Wildman–Crippen LogP) is 2.27. The number of carbonyl (C=O) groups excluding carboxylic acids is 2. The lowest BCUT2D eigenvalue weighted by molar-refractivity contribution is -0.287. The Bertz CT molecular complexity index is 449. The molecule has 142 valence electrons. The first-order valence-corrected chi connectivity index (χ1v) is 9.72. The van der Waals surface area contributed by atoms with Crippen molar-refractivity contribution >= 4 is 31.0 Å². The maximum Gasteiger partial charge on any atom is 0.471 e. The number of carbonyl (C=O) groups is 2. The molecule has 0 aliphatic heterocycles. The Labute approximate surface area is 145 Å². The van der Waals surface area contributed by atoms with Gasteiger partial charge < -0.3 is 14.2 Å². The van der Waals surface area contributed by atoms with E-state index >= 15 is 0 Å². The summed E-state index contributed by atoms with van der Waals surface area (Å²) in [4.78, 5) is 23.8. The molecule has 1 unspecified atom stereocenters. The van der Waals surface area contributed by atoms with E-state index in [0.29, 0.717) is 0 Å². The van der Waals surface area contributed by atoms with Gasteiger partial charge in [-0.05, 0) is 34.6 Å². The van der Waals surface area contributed by atoms with Gasteiger partial charge in [-0.15, -0.1) is 0 Å². The van der Waals surface area contributed by atoms with Gasteiger partial charge in [0, 0.05) is 7.36 Å². The molecule has 0 radical (unpaired) electrons. The lowest BCUT2D eigenvalue weighted by Gasteiger charge is -2.42. The van der Waals surface area contributed by atoms with Crippen LogP contribution < -0.4 is 0 Å². The smallest absolute Gasteiger partial charge is 0.465 e. The topological polar surface area (TPSA) is 65.1 Å². The summed E-state index contributed by atoms with van der Waals surface area (Å²) in [6.45, 7) is 6.71. The summed E-state index contributed by atoms with van der Waals surface area (Å²) in [6, 6.07) is 0. The molecule has 0 aliphatic rings. The fraction of sp³-hybridized carbons (Fsp3) is 0.846. The molecule has 6 nitrogen and oxygen atoms in total. The number of hydrogen-bond acceptors (Lipinski definition) is 6. The van der Waals surface area contributed by atoms with Gasteiger partial charge in [0.1, 0.15) is 6.54 Å². The molecule has 24 heavy (non-hydrogen) atoms. The van der Waals surface area contributed by atoms with Gasteiger partial charge >= 0.3 is 18.1 Å². The number of rotatable bonds is 9. The first-order valence-electron chi connectivity index (χ1n) is 7.26. The zero-order valence-electron chi connectivity index (χ0n) is 14.2. The molecule has 1 amide bonds. The van der Waals surface area contributed by atoms with Gasteiger partial charge in [0.15, 0.2) is 0 Å². The molecule has 0 aromatic heterocycles. The number of halogens is 3. The summed E-state index contributed by atoms with van der Waals surface area (Å²) in [5.41, 5.74) is -2.13. The zero-order valence-corrected chi connectivity index (χ0v) is 16.1. The fourth-order valence-electron chi connectivity index (χ4n) is 1.76. The molecule has 0 fully saturated rings. The van der Waals surface area contributed by atoms with Crippen LogP contribution in [0.3, 0.4) is 0 Å². The Morgan fingerprint density at radius 2 is 1.58 bits per heavy atom. The van der Waals surface area contributed by atoms with Gasteiger partial charge in [0.2, 0.25) is 0 Å². The lowest BCUT2D eigenvalue weighted by atomic mass is 10.4. The van der Waals surface area contributed by atoms with Crippen molar-refractivity contribution in [3.8, 4) is 0 Å². The SMILES string of the molecule is CCOC(=O)CN(C(=O)C(F)(F)F)C(OC(C)C)(OC(C)C)[PH2]=S. The molecular weight excluding hydrogens is 370 g/mol. The largest absolute Gasteiger partial charge is 0.471 e. The van der Waals surface area contributed by atoms with Crippen molar-refractivity contribution in [1.82, 2.24) is 4.90 Å². The third-order valence-electron chi connectivity index (χ3n) is 2.41. The average molecular weight is 393 g/mol. The Morgan fingerprint density at radius 3 is 1.88 bits per heavy atom. The van der Waals surface area contributed by atoms with Gasteiger partial charge in [-0.3, -0.25) is 14.5 Å². The van der Waals surface area contributed by atoms with Crippen molar-refractivity contribution in [3.05, 3.63) is 0 Å². The van der Waals surface area contributed by atoms with Crippen molar-refractivity contribution in [2.75, 3.05) is 13.2 Å². The quantitative estimate of drug-likeness (QED) is 0.340. The standard InChI is InChI=1S/C13H23F3NO5PS/c1-6-20-10(18)7-17(11(19)12(14,15)16)13(23-24,21-8(2)3)22-9(4)5/h8-9H,6-7,23H2,1-5H3. The Hall–Kier alpha value is -0.700. The highest BCUT2D eigenvalue weighted by molar-refractivity contribution is 7.96. The number of amides is 1. The molecule has 0 saturated carbocycles. The molecule has 0 bridgehead atoms. The molecule has 0 aliphatic carbocycles. The number of ether oxygens (including phenoxy) is 3. The van der Waals surface area contributed by atoms with E-state index in [4.69, 9.17) is 21.3 Å². The van der Waals surface area contributed by atoms with E-state index in [1.807, 2.05) is 0 Å². The van der Waals surface area contributed by atoms with Crippen LogP contribution in [0.2, 0.25) is 0 Å². The highest BCUT2D eigenvalue weighted by atomic mass is 32.4. The van der Waals surface area contributed by atoms with Gasteiger partial charge in [0.05, 0.1) is 18.8 Å². The second kappa shape index (κ2) is 9.70. The summed E-state index contributed by atoms with van der Waals surface area (Å²) in [5, 5.41) is 0. The second-order valence-corrected chi connectivity index (χ2v) is 6.95. The molecule has 0 aromatic carbocycles. The minimum absolute atomic E-state index is 0.0450. The van der Waals surface area contributed by atoms with E-state index < -0.39 is 49.8 Å². The second-order valence-electron chi connectivity index (χ2n) is 5.28. The van der Waals surface area contributed by atoms with Crippen molar-refractivity contribution in [1.29, 1.82) is 0 Å². The van der Waals surface area contributed by atoms with Crippen molar-refractivity contribution in [3.63, 3.8) is 0 Å². The fourth-order valence-corrected chi connectivity index (χ4v) is 3.47. The van der Waals surface area contributed by atoms with Crippen LogP contribution in [-0.2, 0) is 35.6 Å². The monoisotopic (exact) mass is 393 g/mol.